The van der Waals surface area contributed by atoms with Crippen molar-refractivity contribution < 1.29 is 13.2 Å². The number of nitrogens with zero attached hydrogens (tertiary/aromatic N) is 5. The van der Waals surface area contributed by atoms with Gasteiger partial charge in [-0.2, -0.15) is 18.2 Å². The standard InChI is InChI=1S/C15H15Cl2F3N6/c16-10-6-9(15(18,19)20)8-22-13(10)26-3-1-2-25(4-5-26)12-7-11(17)23-14(21)24-12/h6-8H,1-5H2,(H2,21,23,24). The van der Waals surface area contributed by atoms with Crippen LogP contribution in [0.2, 0.25) is 10.2 Å². The Balaban J connectivity index is 1.76. The predicted molar refractivity (Wildman–Crippen MR) is 94.7 cm³/mol. The number of hydrogen-bond acceptors (Lipinski definition) is 6. The van der Waals surface area contributed by atoms with Gasteiger partial charge in [0.15, 0.2) is 0 Å². The summed E-state index contributed by atoms with van der Waals surface area (Å²) in [5.74, 6) is 1.03. The zero-order chi connectivity index (χ0) is 18.9. The molecule has 2 aromatic heterocycles. The monoisotopic (exact) mass is 406 g/mol. The van der Waals surface area contributed by atoms with Crippen LogP contribution in [0.25, 0.3) is 0 Å². The molecule has 11 heteroatoms. The molecule has 3 rings (SSSR count). The number of anilines is 3. The molecule has 0 bridgehead atoms. The molecule has 1 fully saturated rings. The summed E-state index contributed by atoms with van der Waals surface area (Å²) in [6.45, 7) is 2.36. The van der Waals surface area contributed by atoms with Crippen LogP contribution in [-0.4, -0.2) is 41.1 Å². The van der Waals surface area contributed by atoms with Crippen LogP contribution < -0.4 is 15.5 Å². The highest BCUT2D eigenvalue weighted by Crippen LogP contribution is 2.33. The Morgan fingerprint density at radius 2 is 1.69 bits per heavy atom. The molecule has 0 unspecified atom stereocenters. The van der Waals surface area contributed by atoms with E-state index in [4.69, 9.17) is 28.9 Å². The van der Waals surface area contributed by atoms with Crippen molar-refractivity contribution in [3.8, 4) is 0 Å². The van der Waals surface area contributed by atoms with E-state index in [0.29, 0.717) is 37.8 Å². The van der Waals surface area contributed by atoms with E-state index in [1.165, 1.54) is 0 Å². The lowest BCUT2D eigenvalue weighted by atomic mass is 10.2. The zero-order valence-corrected chi connectivity index (χ0v) is 15.0. The summed E-state index contributed by atoms with van der Waals surface area (Å²) in [7, 11) is 0. The lowest BCUT2D eigenvalue weighted by Gasteiger charge is -2.24. The second-order valence-corrected chi connectivity index (χ2v) is 6.56. The van der Waals surface area contributed by atoms with Gasteiger partial charge in [0.05, 0.1) is 10.6 Å². The Morgan fingerprint density at radius 1 is 1.00 bits per heavy atom. The van der Waals surface area contributed by atoms with Gasteiger partial charge in [-0.25, -0.2) is 9.97 Å². The van der Waals surface area contributed by atoms with E-state index in [9.17, 15) is 13.2 Å². The minimum absolute atomic E-state index is 0.0254. The van der Waals surface area contributed by atoms with Crippen LogP contribution in [0.15, 0.2) is 18.3 Å². The van der Waals surface area contributed by atoms with Gasteiger partial charge in [0.2, 0.25) is 5.95 Å². The van der Waals surface area contributed by atoms with Crippen LogP contribution in [-0.2, 0) is 6.18 Å². The van der Waals surface area contributed by atoms with Crippen molar-refractivity contribution in [3.05, 3.63) is 34.1 Å². The van der Waals surface area contributed by atoms with Crippen LogP contribution in [0.3, 0.4) is 0 Å². The van der Waals surface area contributed by atoms with E-state index in [0.717, 1.165) is 18.7 Å². The van der Waals surface area contributed by atoms with Crippen molar-refractivity contribution in [3.63, 3.8) is 0 Å². The first-order chi connectivity index (χ1) is 12.2. The summed E-state index contributed by atoms with van der Waals surface area (Å²) in [5.41, 5.74) is 4.76. The Hall–Kier alpha value is -2.00. The second-order valence-electron chi connectivity index (χ2n) is 5.76. The average Bonchev–Trinajstić information content (AvgIpc) is 2.79. The van der Waals surface area contributed by atoms with E-state index >= 15 is 0 Å². The van der Waals surface area contributed by atoms with E-state index in [-0.39, 0.29) is 16.1 Å². The number of nitrogens with two attached hydrogens (primary N) is 1. The largest absolute Gasteiger partial charge is 0.417 e. The minimum atomic E-state index is -4.48. The summed E-state index contributed by atoms with van der Waals surface area (Å²) in [6, 6.07) is 2.52. The highest BCUT2D eigenvalue weighted by Gasteiger charge is 2.32. The van der Waals surface area contributed by atoms with Gasteiger partial charge in [0, 0.05) is 38.4 Å². The minimum Gasteiger partial charge on any atom is -0.368 e. The van der Waals surface area contributed by atoms with Crippen LogP contribution in [0, 0.1) is 0 Å². The Bertz CT molecular complexity index is 781. The number of aromatic nitrogens is 3. The molecular formula is C15H15Cl2F3N6. The molecule has 1 aliphatic rings. The first-order valence-corrected chi connectivity index (χ1v) is 8.52. The van der Waals surface area contributed by atoms with E-state index < -0.39 is 11.7 Å². The molecular weight excluding hydrogens is 392 g/mol. The molecule has 0 aliphatic carbocycles. The Labute approximate surface area is 157 Å². The molecule has 26 heavy (non-hydrogen) atoms. The van der Waals surface area contributed by atoms with Gasteiger partial charge in [-0.15, -0.1) is 0 Å². The number of hydrogen-bond donors (Lipinski definition) is 1. The Morgan fingerprint density at radius 3 is 2.35 bits per heavy atom. The highest BCUT2D eigenvalue weighted by atomic mass is 35.5. The quantitative estimate of drug-likeness (QED) is 0.769. The fraction of sp³-hybridized carbons (Fsp3) is 0.400. The van der Waals surface area contributed by atoms with Crippen molar-refractivity contribution in [2.24, 2.45) is 0 Å². The lowest BCUT2D eigenvalue weighted by Crippen LogP contribution is -2.32. The van der Waals surface area contributed by atoms with Gasteiger partial charge in [-0.3, -0.25) is 0 Å². The molecule has 2 aromatic rings. The molecule has 0 amide bonds. The summed E-state index contributed by atoms with van der Waals surface area (Å²) in [4.78, 5) is 15.8. The van der Waals surface area contributed by atoms with E-state index in [1.807, 2.05) is 9.80 Å². The molecule has 1 saturated heterocycles. The third kappa shape index (κ3) is 4.21. The lowest BCUT2D eigenvalue weighted by molar-refractivity contribution is -0.137. The first kappa shape index (κ1) is 18.8. The fourth-order valence-electron chi connectivity index (χ4n) is 2.76. The van der Waals surface area contributed by atoms with Gasteiger partial charge in [0.25, 0.3) is 0 Å². The molecule has 2 N–H and O–H groups in total. The van der Waals surface area contributed by atoms with Crippen molar-refractivity contribution in [1.29, 1.82) is 0 Å². The molecule has 3 heterocycles. The van der Waals surface area contributed by atoms with Crippen LogP contribution in [0.4, 0.5) is 30.8 Å². The van der Waals surface area contributed by atoms with Crippen molar-refractivity contribution >= 4 is 40.8 Å². The highest BCUT2D eigenvalue weighted by molar-refractivity contribution is 6.33. The molecule has 6 nitrogen and oxygen atoms in total. The maximum Gasteiger partial charge on any atom is 0.417 e. The molecule has 0 spiro atoms. The normalized spacial score (nSPS) is 15.9. The SMILES string of the molecule is Nc1nc(Cl)cc(N2CCCN(c3ncc(C(F)(F)F)cc3Cl)CC2)n1. The third-order valence-corrected chi connectivity index (χ3v) is 4.44. The second kappa shape index (κ2) is 7.32. The number of halogens is 5. The first-order valence-electron chi connectivity index (χ1n) is 7.77. The summed E-state index contributed by atoms with van der Waals surface area (Å²) in [6.07, 6.45) is -2.94. The summed E-state index contributed by atoms with van der Waals surface area (Å²) >= 11 is 12.0. The summed E-state index contributed by atoms with van der Waals surface area (Å²) in [5, 5.41) is 0.226. The topological polar surface area (TPSA) is 71.2 Å². The number of nitrogen functional groups attached to an aromatic ring is 1. The smallest absolute Gasteiger partial charge is 0.368 e. The van der Waals surface area contributed by atoms with Crippen molar-refractivity contribution in [1.82, 2.24) is 15.0 Å². The number of rotatable bonds is 2. The Kier molecular flexibility index (Phi) is 5.29. The molecule has 1 aliphatic heterocycles. The number of pyridine rings is 1. The van der Waals surface area contributed by atoms with Crippen LogP contribution in [0.1, 0.15) is 12.0 Å². The molecule has 0 aromatic carbocycles. The predicted octanol–water partition coefficient (Wildman–Crippen LogP) is 3.50. The fourth-order valence-corrected chi connectivity index (χ4v) is 3.23. The maximum atomic E-state index is 12.8. The average molecular weight is 407 g/mol. The summed E-state index contributed by atoms with van der Waals surface area (Å²) < 4.78 is 38.3. The van der Waals surface area contributed by atoms with Crippen LogP contribution >= 0.6 is 23.2 Å². The van der Waals surface area contributed by atoms with Gasteiger partial charge in [-0.1, -0.05) is 23.2 Å². The zero-order valence-electron chi connectivity index (χ0n) is 13.5. The molecule has 0 atom stereocenters. The van der Waals surface area contributed by atoms with Gasteiger partial charge < -0.3 is 15.5 Å². The van der Waals surface area contributed by atoms with E-state index in [2.05, 4.69) is 15.0 Å². The molecule has 0 radical (unpaired) electrons. The van der Waals surface area contributed by atoms with Crippen molar-refractivity contribution in [2.45, 2.75) is 12.6 Å². The third-order valence-electron chi connectivity index (χ3n) is 3.97. The van der Waals surface area contributed by atoms with Crippen molar-refractivity contribution in [2.75, 3.05) is 41.7 Å². The molecule has 140 valence electrons. The maximum absolute atomic E-state index is 12.8. The van der Waals surface area contributed by atoms with Gasteiger partial charge in [-0.05, 0) is 12.5 Å². The number of alkyl halides is 3. The van der Waals surface area contributed by atoms with Crippen LogP contribution in [0.5, 0.6) is 0 Å². The van der Waals surface area contributed by atoms with E-state index in [1.54, 1.807) is 6.07 Å². The van der Waals surface area contributed by atoms with Gasteiger partial charge in [0.1, 0.15) is 16.8 Å². The molecule has 0 saturated carbocycles. The van der Waals surface area contributed by atoms with Gasteiger partial charge >= 0.3 is 6.18 Å².